The first-order valence-corrected chi connectivity index (χ1v) is 12.3. The van der Waals surface area contributed by atoms with Gasteiger partial charge >= 0.3 is 0 Å². The maximum absolute atomic E-state index is 12.8. The first-order valence-electron chi connectivity index (χ1n) is 11.5. The monoisotopic (exact) mass is 457 g/mol. The van der Waals surface area contributed by atoms with Crippen LogP contribution in [0.4, 0.5) is 17.1 Å². The molecule has 5 nitrogen and oxygen atoms in total. The maximum Gasteiger partial charge on any atom is 0.251 e. The Morgan fingerprint density at radius 2 is 1.64 bits per heavy atom. The van der Waals surface area contributed by atoms with Gasteiger partial charge in [0.25, 0.3) is 5.91 Å². The van der Waals surface area contributed by atoms with Crippen LogP contribution in [0.5, 0.6) is 0 Å². The summed E-state index contributed by atoms with van der Waals surface area (Å²) in [7, 11) is 0. The molecule has 0 bridgehead atoms. The molecule has 6 heteroatoms. The van der Waals surface area contributed by atoms with Gasteiger partial charge in [-0.1, -0.05) is 43.0 Å². The van der Waals surface area contributed by atoms with Gasteiger partial charge in [-0.3, -0.25) is 9.59 Å². The molecule has 0 saturated heterocycles. The molecule has 0 saturated carbocycles. The second kappa shape index (κ2) is 9.32. The SMILES string of the molecule is CCC(=O)N1CCc2cc(C(=O)NCCCN3c4ccccc4Sc4ccccc43)ccc21. The Balaban J connectivity index is 1.21. The summed E-state index contributed by atoms with van der Waals surface area (Å²) in [6.45, 7) is 4.00. The number of hydrogen-bond donors (Lipinski definition) is 1. The molecule has 0 fully saturated rings. The smallest absolute Gasteiger partial charge is 0.251 e. The minimum Gasteiger partial charge on any atom is -0.352 e. The Kier molecular flexibility index (Phi) is 6.09. The first kappa shape index (κ1) is 21.6. The molecule has 3 aromatic rings. The number of carbonyl (C=O) groups is 2. The van der Waals surface area contributed by atoms with E-state index in [0.29, 0.717) is 25.1 Å². The van der Waals surface area contributed by atoms with E-state index in [1.54, 1.807) is 11.8 Å². The van der Waals surface area contributed by atoms with E-state index in [0.717, 1.165) is 30.6 Å². The van der Waals surface area contributed by atoms with Crippen LogP contribution < -0.4 is 15.1 Å². The van der Waals surface area contributed by atoms with Crippen LogP contribution in [0, 0.1) is 0 Å². The molecule has 2 aliphatic heterocycles. The molecule has 0 aliphatic carbocycles. The number of benzene rings is 3. The third-order valence-corrected chi connectivity index (χ3v) is 7.35. The number of para-hydroxylation sites is 2. The lowest BCUT2D eigenvalue weighted by atomic mass is 10.1. The van der Waals surface area contributed by atoms with E-state index in [9.17, 15) is 9.59 Å². The molecule has 33 heavy (non-hydrogen) atoms. The fourth-order valence-corrected chi connectivity index (χ4v) is 5.65. The molecule has 0 aromatic heterocycles. The van der Waals surface area contributed by atoms with Crippen molar-refractivity contribution in [3.8, 4) is 0 Å². The molecule has 0 atom stereocenters. The molecule has 2 amide bonds. The third-order valence-electron chi connectivity index (χ3n) is 6.22. The van der Waals surface area contributed by atoms with Crippen molar-refractivity contribution in [1.29, 1.82) is 0 Å². The van der Waals surface area contributed by atoms with Gasteiger partial charge in [-0.2, -0.15) is 0 Å². The van der Waals surface area contributed by atoms with Crippen molar-refractivity contribution in [2.45, 2.75) is 36.0 Å². The van der Waals surface area contributed by atoms with Crippen LogP contribution >= 0.6 is 11.8 Å². The summed E-state index contributed by atoms with van der Waals surface area (Å²) < 4.78 is 0. The summed E-state index contributed by atoms with van der Waals surface area (Å²) in [5, 5.41) is 3.07. The van der Waals surface area contributed by atoms with Crippen molar-refractivity contribution < 1.29 is 9.59 Å². The van der Waals surface area contributed by atoms with Crippen LogP contribution in [-0.2, 0) is 11.2 Å². The van der Waals surface area contributed by atoms with Crippen LogP contribution in [-0.4, -0.2) is 31.4 Å². The van der Waals surface area contributed by atoms with Crippen molar-refractivity contribution in [2.24, 2.45) is 0 Å². The Labute approximate surface area is 198 Å². The van der Waals surface area contributed by atoms with Crippen molar-refractivity contribution in [1.82, 2.24) is 5.32 Å². The van der Waals surface area contributed by atoms with Gasteiger partial charge in [0.2, 0.25) is 5.91 Å². The molecule has 0 spiro atoms. The van der Waals surface area contributed by atoms with E-state index < -0.39 is 0 Å². The number of nitrogens with one attached hydrogen (secondary N) is 1. The lowest BCUT2D eigenvalue weighted by Gasteiger charge is -2.32. The summed E-state index contributed by atoms with van der Waals surface area (Å²) in [5.74, 6) is 0.0679. The fraction of sp³-hybridized carbons (Fsp3) is 0.259. The molecule has 0 unspecified atom stereocenters. The highest BCUT2D eigenvalue weighted by Crippen LogP contribution is 2.47. The maximum atomic E-state index is 12.8. The summed E-state index contributed by atoms with van der Waals surface area (Å²) in [6.07, 6.45) is 2.13. The van der Waals surface area contributed by atoms with Crippen LogP contribution in [0.3, 0.4) is 0 Å². The molecular formula is C27H27N3O2S. The van der Waals surface area contributed by atoms with E-state index in [1.165, 1.54) is 21.2 Å². The minimum atomic E-state index is -0.0620. The average Bonchev–Trinajstić information content (AvgIpc) is 3.28. The van der Waals surface area contributed by atoms with Gasteiger partial charge in [-0.05, 0) is 60.9 Å². The number of amides is 2. The van der Waals surface area contributed by atoms with Gasteiger partial charge in [0.05, 0.1) is 11.4 Å². The van der Waals surface area contributed by atoms with E-state index in [-0.39, 0.29) is 11.8 Å². The Hall–Kier alpha value is -3.25. The van der Waals surface area contributed by atoms with Crippen molar-refractivity contribution in [3.63, 3.8) is 0 Å². The second-order valence-corrected chi connectivity index (χ2v) is 9.37. The van der Waals surface area contributed by atoms with E-state index in [4.69, 9.17) is 0 Å². The number of anilines is 3. The minimum absolute atomic E-state index is 0.0620. The van der Waals surface area contributed by atoms with E-state index >= 15 is 0 Å². The number of hydrogen-bond acceptors (Lipinski definition) is 4. The number of rotatable bonds is 6. The number of nitrogens with zero attached hydrogens (tertiary/aromatic N) is 2. The Morgan fingerprint density at radius 1 is 0.939 bits per heavy atom. The van der Waals surface area contributed by atoms with Gasteiger partial charge in [0.1, 0.15) is 0 Å². The zero-order valence-electron chi connectivity index (χ0n) is 18.7. The van der Waals surface area contributed by atoms with Gasteiger partial charge in [0, 0.05) is 47.1 Å². The van der Waals surface area contributed by atoms with Gasteiger partial charge in [-0.25, -0.2) is 0 Å². The highest BCUT2D eigenvalue weighted by atomic mass is 32.2. The van der Waals surface area contributed by atoms with Crippen LogP contribution in [0.2, 0.25) is 0 Å². The quantitative estimate of drug-likeness (QED) is 0.503. The molecule has 168 valence electrons. The second-order valence-electron chi connectivity index (χ2n) is 8.29. The zero-order valence-corrected chi connectivity index (χ0v) is 19.5. The lowest BCUT2D eigenvalue weighted by molar-refractivity contribution is -0.118. The normalized spacial score (nSPS) is 13.8. The average molecular weight is 458 g/mol. The van der Waals surface area contributed by atoms with E-state index in [1.807, 2.05) is 30.0 Å². The molecule has 2 aliphatic rings. The van der Waals surface area contributed by atoms with Gasteiger partial charge in [0.15, 0.2) is 0 Å². The topological polar surface area (TPSA) is 52.7 Å². The number of fused-ring (bicyclic) bond motifs is 3. The van der Waals surface area contributed by atoms with Gasteiger partial charge < -0.3 is 15.1 Å². The number of carbonyl (C=O) groups excluding carboxylic acids is 2. The first-order chi connectivity index (χ1) is 16.2. The molecule has 5 rings (SSSR count). The van der Waals surface area contributed by atoms with Crippen molar-refractivity contribution in [2.75, 3.05) is 29.4 Å². The van der Waals surface area contributed by atoms with E-state index in [2.05, 4.69) is 58.7 Å². The zero-order chi connectivity index (χ0) is 22.8. The fourth-order valence-electron chi connectivity index (χ4n) is 4.56. The van der Waals surface area contributed by atoms with Crippen LogP contribution in [0.1, 0.15) is 35.7 Å². The highest BCUT2D eigenvalue weighted by Gasteiger charge is 2.25. The molecule has 2 heterocycles. The largest absolute Gasteiger partial charge is 0.352 e. The summed E-state index contributed by atoms with van der Waals surface area (Å²) >= 11 is 1.80. The highest BCUT2D eigenvalue weighted by molar-refractivity contribution is 7.99. The Bertz CT molecular complexity index is 1160. The van der Waals surface area contributed by atoms with Crippen molar-refractivity contribution >= 4 is 40.6 Å². The third kappa shape index (κ3) is 4.23. The van der Waals surface area contributed by atoms with Gasteiger partial charge in [-0.15, -0.1) is 0 Å². The van der Waals surface area contributed by atoms with Crippen LogP contribution in [0.25, 0.3) is 0 Å². The van der Waals surface area contributed by atoms with Crippen LogP contribution in [0.15, 0.2) is 76.5 Å². The molecular weight excluding hydrogens is 430 g/mol. The summed E-state index contributed by atoms with van der Waals surface area (Å²) in [6, 6.07) is 22.6. The Morgan fingerprint density at radius 3 is 2.33 bits per heavy atom. The summed E-state index contributed by atoms with van der Waals surface area (Å²) in [4.78, 5) is 31.5. The molecule has 1 N–H and O–H groups in total. The predicted octanol–water partition coefficient (Wildman–Crippen LogP) is 5.41. The predicted molar refractivity (Wildman–Crippen MR) is 134 cm³/mol. The molecule has 3 aromatic carbocycles. The standard InChI is InChI=1S/C27H27N3O2S/c1-2-26(31)30-17-14-19-18-20(12-13-21(19)30)27(32)28-15-7-16-29-22-8-3-5-10-24(22)33-25-11-6-4-9-23(25)29/h3-6,8-13,18H,2,7,14-17H2,1H3,(H,28,32). The molecule has 0 radical (unpaired) electrons. The summed E-state index contributed by atoms with van der Waals surface area (Å²) in [5.41, 5.74) is 5.11. The van der Waals surface area contributed by atoms with Crippen molar-refractivity contribution in [3.05, 3.63) is 77.9 Å². The lowest BCUT2D eigenvalue weighted by Crippen LogP contribution is -2.29.